The van der Waals surface area contributed by atoms with Gasteiger partial charge in [0.05, 0.1) is 5.41 Å². The van der Waals surface area contributed by atoms with Gasteiger partial charge in [0.15, 0.2) is 5.71 Å². The van der Waals surface area contributed by atoms with Crippen LogP contribution in [0.2, 0.25) is 0 Å². The van der Waals surface area contributed by atoms with Gasteiger partial charge in [-0.1, -0.05) is 44.4 Å². The van der Waals surface area contributed by atoms with Crippen LogP contribution in [0.1, 0.15) is 71.3 Å². The summed E-state index contributed by atoms with van der Waals surface area (Å²) in [5.74, 6) is -0.684. The quantitative estimate of drug-likeness (QED) is 0.505. The van der Waals surface area contributed by atoms with E-state index in [1.165, 1.54) is 29.8 Å². The maximum Gasteiger partial charge on any atom is 0.425 e. The third kappa shape index (κ3) is 6.57. The summed E-state index contributed by atoms with van der Waals surface area (Å²) < 4.78 is 27.8. The van der Waals surface area contributed by atoms with Gasteiger partial charge in [0.25, 0.3) is 0 Å². The van der Waals surface area contributed by atoms with Crippen molar-refractivity contribution < 1.29 is 27.1 Å². The summed E-state index contributed by atoms with van der Waals surface area (Å²) >= 11 is 0. The molecule has 0 saturated heterocycles. The molecule has 1 aromatic rings. The van der Waals surface area contributed by atoms with Crippen molar-refractivity contribution in [3.05, 3.63) is 29.8 Å². The lowest BCUT2D eigenvalue weighted by Crippen LogP contribution is -2.30. The van der Waals surface area contributed by atoms with Gasteiger partial charge < -0.3 is 5.11 Å². The van der Waals surface area contributed by atoms with Gasteiger partial charge in [-0.25, -0.2) is 0 Å². The highest BCUT2D eigenvalue weighted by Crippen LogP contribution is 2.42. The first kappa shape index (κ1) is 23.0. The van der Waals surface area contributed by atoms with E-state index in [4.69, 9.17) is 17.7 Å². The predicted molar refractivity (Wildman–Crippen MR) is 105 cm³/mol. The Morgan fingerprint density at radius 1 is 1.11 bits per heavy atom. The third-order valence-electron chi connectivity index (χ3n) is 5.30. The maximum absolute atomic E-state index is 10.6. The van der Waals surface area contributed by atoms with Crippen molar-refractivity contribution in [2.24, 2.45) is 0 Å². The van der Waals surface area contributed by atoms with Crippen molar-refractivity contribution in [1.29, 1.82) is 0 Å². The van der Waals surface area contributed by atoms with Crippen LogP contribution in [0, 0.1) is 0 Å². The first-order chi connectivity index (χ1) is 12.7. The lowest BCUT2D eigenvalue weighted by Gasteiger charge is -2.22. The molecule has 1 aliphatic rings. The van der Waals surface area contributed by atoms with Gasteiger partial charge in [0.2, 0.25) is 5.69 Å². The fraction of sp³-hybridized carbons (Fsp3) is 0.600. The summed E-state index contributed by atoms with van der Waals surface area (Å²) in [6.07, 6.45) is 6.66. The molecule has 1 atom stereocenters. The van der Waals surface area contributed by atoms with Crippen LogP contribution in [0.4, 0.5) is 5.69 Å². The number of benzene rings is 1. The molecule has 6 nitrogen and oxygen atoms in total. The van der Waals surface area contributed by atoms with Crippen molar-refractivity contribution in [1.82, 2.24) is 0 Å². The van der Waals surface area contributed by atoms with E-state index >= 15 is 0 Å². The molecular weight excluding hydrogens is 366 g/mol. The summed E-state index contributed by atoms with van der Waals surface area (Å²) in [6.45, 7) is 7.95. The molecule has 0 radical (unpaired) electrons. The molecule has 7 heteroatoms. The highest BCUT2D eigenvalue weighted by molar-refractivity contribution is 7.59. The second-order valence-electron chi connectivity index (χ2n) is 7.10. The van der Waals surface area contributed by atoms with E-state index in [9.17, 15) is 4.79 Å². The molecule has 1 aromatic carbocycles. The Kier molecular flexibility index (Phi) is 9.35. The average Bonchev–Trinajstić information content (AvgIpc) is 2.81. The van der Waals surface area contributed by atoms with E-state index in [-0.39, 0.29) is 5.41 Å². The average molecular weight is 397 g/mol. The zero-order valence-corrected chi connectivity index (χ0v) is 17.2. The zero-order chi connectivity index (χ0) is 20.4. The maximum atomic E-state index is 10.6. The van der Waals surface area contributed by atoms with Gasteiger partial charge >= 0.3 is 16.6 Å². The predicted octanol–water partition coefficient (Wildman–Crippen LogP) is 3.89. The highest BCUT2D eigenvalue weighted by Gasteiger charge is 2.45. The number of carboxylic acids is 1. The summed E-state index contributed by atoms with van der Waals surface area (Å²) in [6, 6.07) is 8.77. The third-order valence-corrected chi connectivity index (χ3v) is 5.30. The smallest absolute Gasteiger partial charge is 0.425 e. The minimum absolute atomic E-state index is 0.0908. The standard InChI is InChI=1S/C20H29NO2.O3S/c1-4-5-15-21-16(2)20(3,14-10-6-7-13-19(22)23)17-11-8-9-12-18(17)21;1-4(2)3/h8-9,11-12H,4-7,10,13-15H2,1-3H3;/p+1. The molecule has 1 unspecified atom stereocenters. The first-order valence-electron chi connectivity index (χ1n) is 9.43. The second-order valence-corrected chi connectivity index (χ2v) is 7.51. The molecule has 0 aromatic heterocycles. The lowest BCUT2D eigenvalue weighted by atomic mass is 9.76. The van der Waals surface area contributed by atoms with Crippen molar-refractivity contribution in [2.45, 2.75) is 71.1 Å². The van der Waals surface area contributed by atoms with Crippen molar-refractivity contribution in [2.75, 3.05) is 6.54 Å². The van der Waals surface area contributed by atoms with E-state index in [1.807, 2.05) is 0 Å². The molecular formula is C20H30NO5S+. The summed E-state index contributed by atoms with van der Waals surface area (Å²) in [4.78, 5) is 10.6. The van der Waals surface area contributed by atoms with E-state index in [2.05, 4.69) is 49.6 Å². The fourth-order valence-electron chi connectivity index (χ4n) is 3.70. The van der Waals surface area contributed by atoms with Crippen molar-refractivity contribution in [3.63, 3.8) is 0 Å². The lowest BCUT2D eigenvalue weighted by molar-refractivity contribution is -0.439. The normalized spacial score (nSPS) is 17.9. The Bertz CT molecular complexity index is 779. The van der Waals surface area contributed by atoms with Gasteiger partial charge in [-0.15, -0.1) is 12.6 Å². The van der Waals surface area contributed by atoms with Gasteiger partial charge in [0, 0.05) is 31.4 Å². The van der Waals surface area contributed by atoms with E-state index in [0.29, 0.717) is 6.42 Å². The zero-order valence-electron chi connectivity index (χ0n) is 16.4. The minimum Gasteiger partial charge on any atom is -0.481 e. The Hall–Kier alpha value is -2.02. The van der Waals surface area contributed by atoms with Crippen LogP contribution < -0.4 is 0 Å². The number of carboxylic acid groups (broad SMARTS) is 1. The summed E-state index contributed by atoms with van der Waals surface area (Å²) in [5, 5.41) is 8.75. The Morgan fingerprint density at radius 3 is 2.33 bits per heavy atom. The summed E-state index contributed by atoms with van der Waals surface area (Å²) in [7, 11) is -3.11. The number of rotatable bonds is 9. The van der Waals surface area contributed by atoms with Crippen LogP contribution in [0.15, 0.2) is 24.3 Å². The Morgan fingerprint density at radius 2 is 1.74 bits per heavy atom. The molecule has 0 saturated carbocycles. The van der Waals surface area contributed by atoms with E-state index in [0.717, 1.165) is 32.2 Å². The van der Waals surface area contributed by atoms with Crippen LogP contribution in [0.25, 0.3) is 0 Å². The minimum atomic E-state index is -3.11. The second kappa shape index (κ2) is 11.0. The van der Waals surface area contributed by atoms with Crippen molar-refractivity contribution in [3.8, 4) is 0 Å². The number of fused-ring (bicyclic) bond motifs is 1. The van der Waals surface area contributed by atoms with Crippen LogP contribution in [-0.4, -0.2) is 40.5 Å². The topological polar surface area (TPSA) is 91.5 Å². The van der Waals surface area contributed by atoms with Gasteiger partial charge in [0.1, 0.15) is 6.54 Å². The number of hydrogen-bond donors (Lipinski definition) is 1. The molecule has 1 N–H and O–H groups in total. The molecule has 0 aliphatic carbocycles. The highest BCUT2D eigenvalue weighted by atomic mass is 32.2. The molecule has 0 fully saturated rings. The van der Waals surface area contributed by atoms with Crippen molar-refractivity contribution >= 4 is 28.0 Å². The number of carbonyl (C=O) groups is 1. The molecule has 0 bridgehead atoms. The molecule has 2 rings (SSSR count). The van der Waals surface area contributed by atoms with Gasteiger partial charge in [-0.05, 0) is 19.8 Å². The Balaban J connectivity index is 0.000000828. The number of hydrogen-bond acceptors (Lipinski definition) is 4. The fourth-order valence-corrected chi connectivity index (χ4v) is 3.70. The molecule has 0 amide bonds. The molecule has 1 aliphatic heterocycles. The van der Waals surface area contributed by atoms with Crippen LogP contribution in [-0.2, 0) is 20.8 Å². The molecule has 0 spiro atoms. The van der Waals surface area contributed by atoms with Crippen LogP contribution >= 0.6 is 0 Å². The van der Waals surface area contributed by atoms with E-state index < -0.39 is 16.6 Å². The first-order valence-corrected chi connectivity index (χ1v) is 10.4. The summed E-state index contributed by atoms with van der Waals surface area (Å²) in [5.41, 5.74) is 4.34. The largest absolute Gasteiger partial charge is 0.481 e. The molecule has 150 valence electrons. The van der Waals surface area contributed by atoms with E-state index in [1.54, 1.807) is 0 Å². The molecule has 27 heavy (non-hydrogen) atoms. The molecule has 1 heterocycles. The SMILES string of the molecule is CCCC[N+]1=C(C)C(C)(CCCCCC(=O)O)c2ccccc21.O=S(=O)=O. The number of nitrogens with zero attached hydrogens (tertiary/aromatic N) is 1. The van der Waals surface area contributed by atoms with Gasteiger partial charge in [-0.3, -0.25) is 4.79 Å². The number of unbranched alkanes of at least 4 members (excludes halogenated alkanes) is 3. The van der Waals surface area contributed by atoms with Crippen LogP contribution in [0.5, 0.6) is 0 Å². The monoisotopic (exact) mass is 396 g/mol. The number of para-hydroxylation sites is 1. The number of aliphatic carboxylic acids is 1. The van der Waals surface area contributed by atoms with Crippen LogP contribution in [0.3, 0.4) is 0 Å². The van der Waals surface area contributed by atoms with Gasteiger partial charge in [-0.2, -0.15) is 4.58 Å². The Labute approximate surface area is 163 Å².